The molecule has 0 spiro atoms. The SMILES string of the molecule is O=C(NN1CCCCC1)c1ccccc1O. The van der Waals surface area contributed by atoms with Crippen LogP contribution in [-0.4, -0.2) is 29.1 Å². The van der Waals surface area contributed by atoms with E-state index < -0.39 is 0 Å². The Balaban J connectivity index is 2.00. The average Bonchev–Trinajstić information content (AvgIpc) is 2.31. The van der Waals surface area contributed by atoms with E-state index in [-0.39, 0.29) is 11.7 Å². The van der Waals surface area contributed by atoms with E-state index in [1.807, 2.05) is 5.01 Å². The first-order valence-electron chi connectivity index (χ1n) is 5.61. The summed E-state index contributed by atoms with van der Waals surface area (Å²) in [6.45, 7) is 1.78. The summed E-state index contributed by atoms with van der Waals surface area (Å²) in [5, 5.41) is 11.4. The fraction of sp³-hybridized carbons (Fsp3) is 0.417. The standard InChI is InChI=1S/C12H16N2O2/c15-11-7-3-2-6-10(11)12(16)13-14-8-4-1-5-9-14/h2-3,6-7,15H,1,4-5,8-9H2,(H,13,16). The fourth-order valence-corrected chi connectivity index (χ4v) is 1.88. The van der Waals surface area contributed by atoms with Crippen LogP contribution in [-0.2, 0) is 0 Å². The molecule has 2 rings (SSSR count). The Morgan fingerprint density at radius 1 is 1.19 bits per heavy atom. The summed E-state index contributed by atoms with van der Waals surface area (Å²) in [4.78, 5) is 11.8. The Bertz CT molecular complexity index is 373. The largest absolute Gasteiger partial charge is 0.507 e. The molecule has 0 atom stereocenters. The summed E-state index contributed by atoms with van der Waals surface area (Å²) < 4.78 is 0. The first kappa shape index (κ1) is 11.0. The van der Waals surface area contributed by atoms with Gasteiger partial charge in [-0.25, -0.2) is 5.01 Å². The normalized spacial score (nSPS) is 17.0. The number of nitrogens with one attached hydrogen (secondary N) is 1. The molecule has 2 N–H and O–H groups in total. The number of nitrogens with zero attached hydrogens (tertiary/aromatic N) is 1. The molecular formula is C12H16N2O2. The minimum Gasteiger partial charge on any atom is -0.507 e. The maximum atomic E-state index is 11.8. The number of hydrogen-bond donors (Lipinski definition) is 2. The van der Waals surface area contributed by atoms with Crippen LogP contribution in [0.5, 0.6) is 5.75 Å². The number of aromatic hydroxyl groups is 1. The van der Waals surface area contributed by atoms with E-state index in [0.717, 1.165) is 25.9 Å². The third kappa shape index (κ3) is 2.52. The Morgan fingerprint density at radius 2 is 1.88 bits per heavy atom. The van der Waals surface area contributed by atoms with Crippen molar-refractivity contribution in [3.8, 4) is 5.75 Å². The molecule has 1 aromatic rings. The monoisotopic (exact) mass is 220 g/mol. The molecule has 0 aliphatic carbocycles. The lowest BCUT2D eigenvalue weighted by molar-refractivity contribution is 0.0747. The van der Waals surface area contributed by atoms with E-state index in [9.17, 15) is 9.90 Å². The van der Waals surface area contributed by atoms with E-state index in [2.05, 4.69) is 5.43 Å². The third-order valence-electron chi connectivity index (χ3n) is 2.76. The molecule has 1 heterocycles. The second-order valence-electron chi connectivity index (χ2n) is 4.01. The number of para-hydroxylation sites is 1. The molecule has 0 saturated carbocycles. The molecule has 4 heteroatoms. The van der Waals surface area contributed by atoms with Crippen LogP contribution >= 0.6 is 0 Å². The van der Waals surface area contributed by atoms with Crippen LogP contribution in [0, 0.1) is 0 Å². The molecule has 1 aliphatic heterocycles. The van der Waals surface area contributed by atoms with Gasteiger partial charge in [0.1, 0.15) is 5.75 Å². The van der Waals surface area contributed by atoms with Crippen LogP contribution in [0.3, 0.4) is 0 Å². The predicted octanol–water partition coefficient (Wildman–Crippen LogP) is 1.52. The Hall–Kier alpha value is -1.55. The summed E-state index contributed by atoms with van der Waals surface area (Å²) in [5.41, 5.74) is 3.14. The summed E-state index contributed by atoms with van der Waals surface area (Å²) in [7, 11) is 0. The molecule has 1 amide bonds. The average molecular weight is 220 g/mol. The van der Waals surface area contributed by atoms with Gasteiger partial charge < -0.3 is 5.11 Å². The number of piperidine rings is 1. The van der Waals surface area contributed by atoms with Crippen molar-refractivity contribution in [2.45, 2.75) is 19.3 Å². The molecular weight excluding hydrogens is 204 g/mol. The molecule has 0 aromatic heterocycles. The van der Waals surface area contributed by atoms with E-state index in [1.165, 1.54) is 12.5 Å². The van der Waals surface area contributed by atoms with Gasteiger partial charge >= 0.3 is 0 Å². The molecule has 1 saturated heterocycles. The van der Waals surface area contributed by atoms with Gasteiger partial charge in [-0.1, -0.05) is 18.6 Å². The van der Waals surface area contributed by atoms with Gasteiger partial charge in [0.05, 0.1) is 5.56 Å². The van der Waals surface area contributed by atoms with Crippen molar-refractivity contribution in [1.29, 1.82) is 0 Å². The maximum absolute atomic E-state index is 11.8. The van der Waals surface area contributed by atoms with Crippen molar-refractivity contribution in [2.24, 2.45) is 0 Å². The highest BCUT2D eigenvalue weighted by atomic mass is 16.3. The topological polar surface area (TPSA) is 52.6 Å². The van der Waals surface area contributed by atoms with Gasteiger partial charge in [0, 0.05) is 13.1 Å². The minimum atomic E-state index is -0.236. The van der Waals surface area contributed by atoms with Crippen molar-refractivity contribution in [2.75, 3.05) is 13.1 Å². The highest BCUT2D eigenvalue weighted by molar-refractivity contribution is 5.96. The zero-order valence-corrected chi connectivity index (χ0v) is 9.15. The number of hydrazine groups is 1. The molecule has 4 nitrogen and oxygen atoms in total. The van der Waals surface area contributed by atoms with E-state index >= 15 is 0 Å². The van der Waals surface area contributed by atoms with Crippen LogP contribution in [0.4, 0.5) is 0 Å². The molecule has 1 aromatic carbocycles. The number of hydrogen-bond acceptors (Lipinski definition) is 3. The quantitative estimate of drug-likeness (QED) is 0.794. The first-order valence-corrected chi connectivity index (χ1v) is 5.61. The zero-order valence-electron chi connectivity index (χ0n) is 9.15. The van der Waals surface area contributed by atoms with Crippen molar-refractivity contribution < 1.29 is 9.90 Å². The number of rotatable bonds is 2. The molecule has 1 aliphatic rings. The third-order valence-corrected chi connectivity index (χ3v) is 2.76. The van der Waals surface area contributed by atoms with Crippen LogP contribution < -0.4 is 5.43 Å². The maximum Gasteiger partial charge on any atom is 0.269 e. The fourth-order valence-electron chi connectivity index (χ4n) is 1.88. The van der Waals surface area contributed by atoms with Gasteiger partial charge in [-0.2, -0.15) is 0 Å². The summed E-state index contributed by atoms with van der Waals surface area (Å²) >= 11 is 0. The lowest BCUT2D eigenvalue weighted by atomic mass is 10.1. The van der Waals surface area contributed by atoms with E-state index in [0.29, 0.717) is 5.56 Å². The molecule has 0 bridgehead atoms. The van der Waals surface area contributed by atoms with Gasteiger partial charge in [-0.05, 0) is 25.0 Å². The zero-order chi connectivity index (χ0) is 11.4. The number of amides is 1. The van der Waals surface area contributed by atoms with Crippen molar-refractivity contribution >= 4 is 5.91 Å². The Morgan fingerprint density at radius 3 is 2.56 bits per heavy atom. The van der Waals surface area contributed by atoms with Crippen molar-refractivity contribution in [1.82, 2.24) is 10.4 Å². The Kier molecular flexibility index (Phi) is 3.41. The second kappa shape index (κ2) is 4.99. The lowest BCUT2D eigenvalue weighted by Crippen LogP contribution is -2.45. The van der Waals surface area contributed by atoms with E-state index in [4.69, 9.17) is 0 Å². The minimum absolute atomic E-state index is 0.0250. The predicted molar refractivity (Wildman–Crippen MR) is 61.0 cm³/mol. The van der Waals surface area contributed by atoms with Crippen LogP contribution in [0.1, 0.15) is 29.6 Å². The molecule has 0 radical (unpaired) electrons. The number of benzene rings is 1. The highest BCUT2D eigenvalue weighted by Gasteiger charge is 2.15. The van der Waals surface area contributed by atoms with Crippen molar-refractivity contribution in [3.05, 3.63) is 29.8 Å². The smallest absolute Gasteiger partial charge is 0.269 e. The number of phenolic OH excluding ortho intramolecular Hbond substituents is 1. The second-order valence-corrected chi connectivity index (χ2v) is 4.01. The van der Waals surface area contributed by atoms with Crippen LogP contribution in [0.2, 0.25) is 0 Å². The van der Waals surface area contributed by atoms with Gasteiger partial charge in [0.25, 0.3) is 5.91 Å². The number of carbonyl (C=O) groups is 1. The highest BCUT2D eigenvalue weighted by Crippen LogP contribution is 2.15. The van der Waals surface area contributed by atoms with Crippen LogP contribution in [0.25, 0.3) is 0 Å². The molecule has 1 fully saturated rings. The van der Waals surface area contributed by atoms with Crippen molar-refractivity contribution in [3.63, 3.8) is 0 Å². The Labute approximate surface area is 94.9 Å². The van der Waals surface area contributed by atoms with Gasteiger partial charge in [0.2, 0.25) is 0 Å². The summed E-state index contributed by atoms with van der Waals surface area (Å²) in [6.07, 6.45) is 3.45. The van der Waals surface area contributed by atoms with Crippen LogP contribution in [0.15, 0.2) is 24.3 Å². The van der Waals surface area contributed by atoms with E-state index in [1.54, 1.807) is 18.2 Å². The number of phenols is 1. The number of carbonyl (C=O) groups excluding carboxylic acids is 1. The lowest BCUT2D eigenvalue weighted by Gasteiger charge is -2.26. The summed E-state index contributed by atoms with van der Waals surface area (Å²) in [5.74, 6) is -0.211. The molecule has 0 unspecified atom stereocenters. The molecule has 16 heavy (non-hydrogen) atoms. The van der Waals surface area contributed by atoms with Gasteiger partial charge in [-0.3, -0.25) is 10.2 Å². The van der Waals surface area contributed by atoms with Gasteiger partial charge in [0.15, 0.2) is 0 Å². The summed E-state index contributed by atoms with van der Waals surface area (Å²) in [6, 6.07) is 6.58. The first-order chi connectivity index (χ1) is 7.77. The van der Waals surface area contributed by atoms with Gasteiger partial charge in [-0.15, -0.1) is 0 Å². The molecule has 86 valence electrons.